The molecule has 20 heteroatoms. The smallest absolute Gasteiger partial charge is 0.385 e. The van der Waals surface area contributed by atoms with E-state index in [-0.39, 0.29) is 18.6 Å². The first-order valence-electron chi connectivity index (χ1n) is 8.45. The number of rotatable bonds is 11. The lowest BCUT2D eigenvalue weighted by molar-refractivity contribution is -0.454. The van der Waals surface area contributed by atoms with Crippen LogP contribution in [0.1, 0.15) is 13.8 Å². The third-order valence-corrected chi connectivity index (χ3v) is 4.14. The highest BCUT2D eigenvalue weighted by molar-refractivity contribution is 5.15. The van der Waals surface area contributed by atoms with E-state index in [4.69, 9.17) is 20.4 Å². The van der Waals surface area contributed by atoms with Crippen LogP contribution in [0.2, 0.25) is 0 Å². The van der Waals surface area contributed by atoms with Gasteiger partial charge in [0.2, 0.25) is 0 Å². The minimum absolute atomic E-state index is 0.0451. The number of hydrogen-bond donors (Lipinski definition) is 4. The van der Waals surface area contributed by atoms with Crippen LogP contribution in [0.4, 0.5) is 70.2 Å². The zero-order valence-electron chi connectivity index (χ0n) is 17.2. The lowest BCUT2D eigenvalue weighted by atomic mass is 9.88. The van der Waals surface area contributed by atoms with E-state index in [0.717, 1.165) is 0 Å². The number of halogens is 16. The first kappa shape index (κ1) is 35.9. The molecule has 0 atom stereocenters. The Labute approximate surface area is 185 Å². The summed E-state index contributed by atoms with van der Waals surface area (Å²) >= 11 is 0. The molecule has 0 rings (SSSR count). The van der Waals surface area contributed by atoms with E-state index in [2.05, 4.69) is 0 Å². The molecule has 0 aliphatic rings. The minimum atomic E-state index is -8.51. The van der Waals surface area contributed by atoms with E-state index >= 15 is 0 Å². The first-order valence-corrected chi connectivity index (χ1v) is 8.45. The second kappa shape index (κ2) is 10.2. The summed E-state index contributed by atoms with van der Waals surface area (Å²) in [6.07, 6.45) is 0. The second-order valence-corrected chi connectivity index (χ2v) is 7.65. The Bertz CT molecular complexity index is 636. The molecule has 0 fully saturated rings. The van der Waals surface area contributed by atoms with Crippen LogP contribution in [0.15, 0.2) is 0 Å². The molecule has 214 valence electrons. The van der Waals surface area contributed by atoms with Gasteiger partial charge in [0.05, 0.1) is 13.2 Å². The molecule has 0 amide bonds. The van der Waals surface area contributed by atoms with Crippen molar-refractivity contribution in [3.8, 4) is 0 Å². The van der Waals surface area contributed by atoms with Gasteiger partial charge in [-0.15, -0.1) is 0 Å². The van der Waals surface area contributed by atoms with Crippen LogP contribution >= 0.6 is 0 Å². The topological polar surface area (TPSA) is 80.9 Å². The van der Waals surface area contributed by atoms with Crippen LogP contribution < -0.4 is 0 Å². The summed E-state index contributed by atoms with van der Waals surface area (Å²) in [7, 11) is 0. The van der Waals surface area contributed by atoms with E-state index < -0.39 is 60.6 Å². The molecule has 0 radical (unpaired) electrons. The van der Waals surface area contributed by atoms with Gasteiger partial charge < -0.3 is 20.4 Å². The fourth-order valence-electron chi connectivity index (χ4n) is 1.50. The molecule has 4 nitrogen and oxygen atoms in total. The summed E-state index contributed by atoms with van der Waals surface area (Å²) in [5.41, 5.74) is -0.306. The van der Waals surface area contributed by atoms with Crippen molar-refractivity contribution in [2.24, 2.45) is 5.41 Å². The Kier molecular flexibility index (Phi) is 10.5. The third kappa shape index (κ3) is 5.68. The highest BCUT2D eigenvalue weighted by atomic mass is 19.4. The average molecular weight is 566 g/mol. The number of aliphatic hydroxyl groups is 4. The van der Waals surface area contributed by atoms with Crippen molar-refractivity contribution in [1.29, 1.82) is 0 Å². The van der Waals surface area contributed by atoms with Gasteiger partial charge in [0.1, 0.15) is 13.2 Å². The molecule has 0 heterocycles. The molecular weight excluding hydrogens is 548 g/mol. The first-order chi connectivity index (χ1) is 15.0. The summed E-state index contributed by atoms with van der Waals surface area (Å²) in [5, 5.41) is 32.5. The normalized spacial score (nSPS) is 15.6. The average Bonchev–Trinajstić information content (AvgIpc) is 2.72. The van der Waals surface area contributed by atoms with Crippen molar-refractivity contribution in [2.75, 3.05) is 26.4 Å². The van der Waals surface area contributed by atoms with E-state index in [1.807, 2.05) is 0 Å². The van der Waals surface area contributed by atoms with Crippen molar-refractivity contribution < 1.29 is 90.7 Å². The monoisotopic (exact) mass is 566 g/mol. The lowest BCUT2D eigenvalue weighted by Gasteiger charge is -2.43. The van der Waals surface area contributed by atoms with Gasteiger partial charge in [-0.05, 0) is 0 Å². The predicted molar refractivity (Wildman–Crippen MR) is 81.7 cm³/mol. The number of alkyl halides is 16. The van der Waals surface area contributed by atoms with Crippen molar-refractivity contribution in [3.05, 3.63) is 0 Å². The van der Waals surface area contributed by atoms with Gasteiger partial charge in [0.25, 0.3) is 0 Å². The Hall–Kier alpha value is -1.28. The van der Waals surface area contributed by atoms with Gasteiger partial charge in [-0.2, -0.15) is 70.2 Å². The largest absolute Gasteiger partial charge is 0.396 e. The number of hydrogen-bond acceptors (Lipinski definition) is 4. The summed E-state index contributed by atoms with van der Waals surface area (Å²) in [6, 6.07) is 0. The van der Waals surface area contributed by atoms with Gasteiger partial charge in [0.15, 0.2) is 0 Å². The molecule has 4 N–H and O–H groups in total. The zero-order chi connectivity index (χ0) is 29.3. The van der Waals surface area contributed by atoms with Crippen molar-refractivity contribution in [2.45, 2.75) is 61.2 Å². The molecule has 0 bridgehead atoms. The molecule has 0 saturated heterocycles. The van der Waals surface area contributed by atoms with Gasteiger partial charge in [-0.25, -0.2) is 0 Å². The quantitative estimate of drug-likeness (QED) is 0.285. The van der Waals surface area contributed by atoms with Crippen LogP contribution in [0.3, 0.4) is 0 Å². The molecule has 35 heavy (non-hydrogen) atoms. The molecule has 0 unspecified atom stereocenters. The maximum Gasteiger partial charge on any atom is 0.385 e. The number of aliphatic hydroxyl groups excluding tert-OH is 4. The maximum atomic E-state index is 13.1. The van der Waals surface area contributed by atoms with Gasteiger partial charge >= 0.3 is 47.4 Å². The SMILES string of the molecule is CC(C)(CO)CO.OCC(F)(F)C(F)(F)C(F)(F)C(F)(F)C(F)(F)C(F)(F)C(F)(F)C(F)(F)CO. The fraction of sp³-hybridized carbons (Fsp3) is 1.00. The van der Waals surface area contributed by atoms with Crippen molar-refractivity contribution in [3.63, 3.8) is 0 Å². The summed E-state index contributed by atoms with van der Waals surface area (Å²) in [4.78, 5) is 0. The zero-order valence-corrected chi connectivity index (χ0v) is 17.2. The Morgan fingerprint density at radius 3 is 0.629 bits per heavy atom. The molecule has 0 saturated carbocycles. The highest BCUT2D eigenvalue weighted by Crippen LogP contribution is 2.63. The second-order valence-electron chi connectivity index (χ2n) is 7.65. The molecule has 0 aromatic rings. The molecule has 0 aliphatic heterocycles. The molecular formula is C15H18F16O4. The summed E-state index contributed by atoms with van der Waals surface area (Å²) in [6.45, 7) is -3.16. The third-order valence-electron chi connectivity index (χ3n) is 4.14. The van der Waals surface area contributed by atoms with Gasteiger partial charge in [-0.3, -0.25) is 0 Å². The van der Waals surface area contributed by atoms with E-state index in [1.165, 1.54) is 0 Å². The minimum Gasteiger partial charge on any atom is -0.396 e. The summed E-state index contributed by atoms with van der Waals surface area (Å²) in [5.74, 6) is -62.5. The van der Waals surface area contributed by atoms with E-state index in [0.29, 0.717) is 0 Å². The Balaban J connectivity index is 0. The molecule has 0 aromatic carbocycles. The van der Waals surface area contributed by atoms with Crippen LogP contribution in [0.25, 0.3) is 0 Å². The van der Waals surface area contributed by atoms with Crippen molar-refractivity contribution in [1.82, 2.24) is 0 Å². The molecule has 0 spiro atoms. The fourth-order valence-corrected chi connectivity index (χ4v) is 1.50. The van der Waals surface area contributed by atoms with Crippen LogP contribution in [-0.4, -0.2) is 94.2 Å². The maximum absolute atomic E-state index is 13.1. The predicted octanol–water partition coefficient (Wildman–Crippen LogP) is 4.05. The van der Waals surface area contributed by atoms with Crippen LogP contribution in [0, 0.1) is 5.41 Å². The van der Waals surface area contributed by atoms with Gasteiger partial charge in [-0.1, -0.05) is 13.8 Å². The van der Waals surface area contributed by atoms with Crippen LogP contribution in [0.5, 0.6) is 0 Å². The molecule has 0 aromatic heterocycles. The molecule has 0 aliphatic carbocycles. The summed E-state index contributed by atoms with van der Waals surface area (Å²) < 4.78 is 207. The van der Waals surface area contributed by atoms with Crippen molar-refractivity contribution >= 4 is 0 Å². The van der Waals surface area contributed by atoms with E-state index in [9.17, 15) is 70.2 Å². The Morgan fingerprint density at radius 1 is 0.343 bits per heavy atom. The highest BCUT2D eigenvalue weighted by Gasteiger charge is 2.94. The standard InChI is InChI=1S/C10H6F16O2.C5H12O2/c11-3(12,1-27)5(15,16)7(19,20)9(23,24)10(25,26)8(21,22)6(17,18)4(13,14)2-28;1-5(2,3-6)4-7/h27-28H,1-2H2;6-7H,3-4H2,1-2H3. The van der Waals surface area contributed by atoms with Gasteiger partial charge in [0, 0.05) is 5.41 Å². The van der Waals surface area contributed by atoms with Crippen LogP contribution in [-0.2, 0) is 0 Å². The Morgan fingerprint density at radius 2 is 0.514 bits per heavy atom. The van der Waals surface area contributed by atoms with E-state index in [1.54, 1.807) is 13.8 Å². The lowest BCUT2D eigenvalue weighted by Crippen LogP contribution is -2.75.